The summed E-state index contributed by atoms with van der Waals surface area (Å²) in [5.74, 6) is 6.00. The van der Waals surface area contributed by atoms with Gasteiger partial charge in [0, 0.05) is 13.2 Å². The summed E-state index contributed by atoms with van der Waals surface area (Å²) in [6.45, 7) is 0.414. The van der Waals surface area contributed by atoms with E-state index in [9.17, 15) is 4.79 Å². The fourth-order valence-electron chi connectivity index (χ4n) is 1.63. The van der Waals surface area contributed by atoms with Gasteiger partial charge in [-0.05, 0) is 5.56 Å². The summed E-state index contributed by atoms with van der Waals surface area (Å²) in [5, 5.41) is 6.51. The molecule has 1 amide bonds. The van der Waals surface area contributed by atoms with Gasteiger partial charge in [-0.1, -0.05) is 42.2 Å². The molecule has 0 unspecified atom stereocenters. The van der Waals surface area contributed by atoms with E-state index in [0.717, 1.165) is 5.56 Å². The summed E-state index contributed by atoms with van der Waals surface area (Å²) < 4.78 is 6.63. The number of alkyl carbamates (subject to hydrolysis) is 1. The first kappa shape index (κ1) is 14.5. The maximum atomic E-state index is 11.5. The number of carbonyl (C=O) groups excluding carboxylic acids is 1. The zero-order valence-corrected chi connectivity index (χ0v) is 11.7. The fourth-order valence-corrected chi connectivity index (χ4v) is 1.63. The lowest BCUT2D eigenvalue weighted by Gasteiger charge is -2.04. The van der Waals surface area contributed by atoms with Gasteiger partial charge in [-0.2, -0.15) is 5.10 Å². The first-order chi connectivity index (χ1) is 10.1. The molecule has 0 spiro atoms. The lowest BCUT2D eigenvalue weighted by molar-refractivity contribution is 0.141. The van der Waals surface area contributed by atoms with Crippen molar-refractivity contribution in [2.24, 2.45) is 7.05 Å². The number of rotatable bonds is 3. The van der Waals surface area contributed by atoms with Gasteiger partial charge >= 0.3 is 6.09 Å². The molecule has 2 rings (SSSR count). The number of hydrogen-bond donors (Lipinski definition) is 2. The van der Waals surface area contributed by atoms with Crippen LogP contribution in [0.3, 0.4) is 0 Å². The van der Waals surface area contributed by atoms with E-state index in [2.05, 4.69) is 22.3 Å². The Bertz CT molecular complexity index is 668. The summed E-state index contributed by atoms with van der Waals surface area (Å²) in [6, 6.07) is 9.46. The number of benzene rings is 1. The minimum absolute atomic E-state index is 0.182. The molecule has 2 aromatic rings. The monoisotopic (exact) mass is 284 g/mol. The van der Waals surface area contributed by atoms with Gasteiger partial charge in [-0.15, -0.1) is 0 Å². The van der Waals surface area contributed by atoms with Gasteiger partial charge in [0.05, 0.1) is 12.1 Å². The van der Waals surface area contributed by atoms with Crippen molar-refractivity contribution in [1.29, 1.82) is 0 Å². The van der Waals surface area contributed by atoms with Gasteiger partial charge in [-0.3, -0.25) is 4.68 Å². The van der Waals surface area contributed by atoms with Crippen LogP contribution in [-0.4, -0.2) is 22.4 Å². The molecule has 0 bridgehead atoms. The molecule has 0 atom stereocenters. The number of aryl methyl sites for hydroxylation is 1. The summed E-state index contributed by atoms with van der Waals surface area (Å²) >= 11 is 0. The molecule has 6 nitrogen and oxygen atoms in total. The Kier molecular flexibility index (Phi) is 4.83. The van der Waals surface area contributed by atoms with Crippen molar-refractivity contribution in [2.75, 3.05) is 12.3 Å². The van der Waals surface area contributed by atoms with Crippen LogP contribution < -0.4 is 11.1 Å². The normalized spacial score (nSPS) is 9.57. The minimum atomic E-state index is -0.507. The molecule has 3 N–H and O–H groups in total. The summed E-state index contributed by atoms with van der Waals surface area (Å²) in [7, 11) is 1.76. The first-order valence-electron chi connectivity index (χ1n) is 6.37. The second-order valence-corrected chi connectivity index (χ2v) is 4.32. The molecular formula is C15H16N4O2. The van der Waals surface area contributed by atoms with Gasteiger partial charge in [-0.25, -0.2) is 4.79 Å². The average Bonchev–Trinajstić information content (AvgIpc) is 2.80. The molecule has 0 fully saturated rings. The molecule has 0 aliphatic carbocycles. The van der Waals surface area contributed by atoms with Crippen LogP contribution >= 0.6 is 0 Å². The molecule has 1 aromatic heterocycles. The molecule has 0 aliphatic heterocycles. The van der Waals surface area contributed by atoms with Crippen LogP contribution in [0, 0.1) is 11.8 Å². The zero-order chi connectivity index (χ0) is 15.1. The molecule has 21 heavy (non-hydrogen) atoms. The van der Waals surface area contributed by atoms with Crippen molar-refractivity contribution in [1.82, 2.24) is 15.1 Å². The highest BCUT2D eigenvalue weighted by Crippen LogP contribution is 2.04. The van der Waals surface area contributed by atoms with E-state index >= 15 is 0 Å². The Morgan fingerprint density at radius 2 is 2.19 bits per heavy atom. The third-order valence-corrected chi connectivity index (χ3v) is 2.61. The van der Waals surface area contributed by atoms with E-state index in [1.165, 1.54) is 0 Å². The molecule has 6 heteroatoms. The zero-order valence-electron chi connectivity index (χ0n) is 11.7. The van der Waals surface area contributed by atoms with Gasteiger partial charge in [0.2, 0.25) is 0 Å². The highest BCUT2D eigenvalue weighted by Gasteiger charge is 2.01. The van der Waals surface area contributed by atoms with E-state index in [1.807, 2.05) is 30.3 Å². The predicted molar refractivity (Wildman–Crippen MR) is 79.1 cm³/mol. The largest absolute Gasteiger partial charge is 0.445 e. The molecule has 0 saturated heterocycles. The Hall–Kier alpha value is -2.94. The number of nitrogens with one attached hydrogen (secondary N) is 1. The molecule has 0 saturated carbocycles. The van der Waals surface area contributed by atoms with Crippen LogP contribution in [0.15, 0.2) is 36.5 Å². The van der Waals surface area contributed by atoms with E-state index in [-0.39, 0.29) is 13.2 Å². The van der Waals surface area contributed by atoms with Crippen LogP contribution in [0.4, 0.5) is 10.6 Å². The van der Waals surface area contributed by atoms with Crippen molar-refractivity contribution in [3.63, 3.8) is 0 Å². The molecule has 1 aromatic carbocycles. The Balaban J connectivity index is 1.74. The Morgan fingerprint density at radius 3 is 2.86 bits per heavy atom. The lowest BCUT2D eigenvalue weighted by atomic mass is 10.2. The third kappa shape index (κ3) is 4.58. The predicted octanol–water partition coefficient (Wildman–Crippen LogP) is 1.28. The van der Waals surface area contributed by atoms with Crippen LogP contribution in [0.1, 0.15) is 11.1 Å². The highest BCUT2D eigenvalue weighted by molar-refractivity contribution is 5.67. The quantitative estimate of drug-likeness (QED) is 0.832. The smallest absolute Gasteiger partial charge is 0.408 e. The topological polar surface area (TPSA) is 82.2 Å². The second kappa shape index (κ2) is 7.01. The van der Waals surface area contributed by atoms with Crippen LogP contribution in [0.2, 0.25) is 0 Å². The average molecular weight is 284 g/mol. The lowest BCUT2D eigenvalue weighted by Crippen LogP contribution is -2.24. The van der Waals surface area contributed by atoms with Gasteiger partial charge in [0.1, 0.15) is 6.61 Å². The number of ether oxygens (including phenoxy) is 1. The van der Waals surface area contributed by atoms with Crippen LogP contribution in [0.5, 0.6) is 0 Å². The van der Waals surface area contributed by atoms with Crippen LogP contribution in [-0.2, 0) is 18.4 Å². The molecule has 108 valence electrons. The number of nitrogen functional groups attached to an aromatic ring is 1. The first-order valence-corrected chi connectivity index (χ1v) is 6.37. The molecular weight excluding hydrogens is 268 g/mol. The number of anilines is 1. The number of nitrogens with two attached hydrogens (primary N) is 1. The van der Waals surface area contributed by atoms with Crippen molar-refractivity contribution in [2.45, 2.75) is 6.61 Å². The van der Waals surface area contributed by atoms with Crippen molar-refractivity contribution in [3.8, 4) is 11.8 Å². The van der Waals surface area contributed by atoms with Gasteiger partial charge in [0.15, 0.2) is 5.82 Å². The minimum Gasteiger partial charge on any atom is -0.445 e. The standard InChI is InChI=1S/C15H16N4O2/c1-19-10-13(14(16)18-19)8-5-9-17-15(20)21-11-12-6-3-2-4-7-12/h2-4,6-7,10H,9,11H2,1H3,(H2,16,18)(H,17,20). The Labute approximate surface area is 122 Å². The molecule has 0 radical (unpaired) electrons. The summed E-state index contributed by atoms with van der Waals surface area (Å²) in [5.41, 5.74) is 7.22. The third-order valence-electron chi connectivity index (χ3n) is 2.61. The molecule has 0 aliphatic rings. The van der Waals surface area contributed by atoms with E-state index in [1.54, 1.807) is 17.9 Å². The van der Waals surface area contributed by atoms with Crippen LogP contribution in [0.25, 0.3) is 0 Å². The molecule has 1 heterocycles. The second-order valence-electron chi connectivity index (χ2n) is 4.32. The fraction of sp³-hybridized carbons (Fsp3) is 0.200. The highest BCUT2D eigenvalue weighted by atomic mass is 16.5. The van der Waals surface area contributed by atoms with Crippen molar-refractivity contribution in [3.05, 3.63) is 47.7 Å². The number of nitrogens with zero attached hydrogens (tertiary/aromatic N) is 2. The Morgan fingerprint density at radius 1 is 1.43 bits per heavy atom. The van der Waals surface area contributed by atoms with Crippen molar-refractivity contribution < 1.29 is 9.53 Å². The van der Waals surface area contributed by atoms with E-state index < -0.39 is 6.09 Å². The number of amides is 1. The summed E-state index contributed by atoms with van der Waals surface area (Å²) in [6.07, 6.45) is 1.21. The van der Waals surface area contributed by atoms with Gasteiger partial charge in [0.25, 0.3) is 0 Å². The summed E-state index contributed by atoms with van der Waals surface area (Å²) in [4.78, 5) is 11.5. The van der Waals surface area contributed by atoms with Gasteiger partial charge < -0.3 is 15.8 Å². The van der Waals surface area contributed by atoms with E-state index in [4.69, 9.17) is 10.5 Å². The maximum absolute atomic E-state index is 11.5. The van der Waals surface area contributed by atoms with E-state index in [0.29, 0.717) is 11.4 Å². The number of hydrogen-bond acceptors (Lipinski definition) is 4. The SMILES string of the molecule is Cn1cc(C#CCNC(=O)OCc2ccccc2)c(N)n1. The number of carbonyl (C=O) groups is 1. The number of aromatic nitrogens is 2. The maximum Gasteiger partial charge on any atom is 0.408 e. The van der Waals surface area contributed by atoms with Crippen molar-refractivity contribution >= 4 is 11.9 Å².